The van der Waals surface area contributed by atoms with Crippen molar-refractivity contribution in [2.24, 2.45) is 0 Å². The topological polar surface area (TPSA) is 0 Å². The van der Waals surface area contributed by atoms with Crippen molar-refractivity contribution in [3.8, 4) is 29.3 Å². The highest BCUT2D eigenvalue weighted by molar-refractivity contribution is 7.28. The molecule has 0 aliphatic rings. The molecule has 0 N–H and O–H groups in total. The van der Waals surface area contributed by atoms with E-state index in [0.29, 0.717) is 0 Å². The van der Waals surface area contributed by atoms with Crippen LogP contribution in [0.4, 0.5) is 0 Å². The molecule has 0 aromatic carbocycles. The van der Waals surface area contributed by atoms with E-state index in [1.807, 2.05) is 45.3 Å². The van der Waals surface area contributed by atoms with Gasteiger partial charge in [-0.3, -0.25) is 0 Å². The Balaban J connectivity index is 1.19. The molecule has 4 heteroatoms. The Morgan fingerprint density at radius 2 is 0.620 bits per heavy atom. The molecule has 0 radical (unpaired) electrons. The van der Waals surface area contributed by atoms with Gasteiger partial charge in [0.1, 0.15) is 0 Å². The molecule has 0 saturated carbocycles. The Morgan fingerprint density at radius 1 is 0.340 bits per heavy atom. The molecule has 0 aliphatic heterocycles. The Bertz CT molecular complexity index is 1320. The molecule has 0 saturated heterocycles. The Morgan fingerprint density at radius 3 is 0.940 bits per heavy atom. The van der Waals surface area contributed by atoms with Crippen molar-refractivity contribution in [1.82, 2.24) is 0 Å². The third kappa shape index (κ3) is 15.0. The molecule has 4 rings (SSSR count). The summed E-state index contributed by atoms with van der Waals surface area (Å²) in [6.07, 6.45) is 36.4. The van der Waals surface area contributed by atoms with E-state index in [0.717, 1.165) is 0 Å². The van der Waals surface area contributed by atoms with E-state index in [1.165, 1.54) is 206 Å². The quantitative estimate of drug-likeness (QED) is 0.0485. The summed E-state index contributed by atoms with van der Waals surface area (Å²) < 4.78 is 0. The van der Waals surface area contributed by atoms with E-state index in [1.54, 1.807) is 11.1 Å². The minimum Gasteiger partial charge on any atom is -0.139 e. The predicted octanol–water partition coefficient (Wildman–Crippen LogP) is 18.0. The molecule has 0 aliphatic carbocycles. The highest BCUT2D eigenvalue weighted by Gasteiger charge is 2.16. The summed E-state index contributed by atoms with van der Waals surface area (Å²) in [6.45, 7) is 9.19. The van der Waals surface area contributed by atoms with E-state index in [2.05, 4.69) is 64.1 Å². The van der Waals surface area contributed by atoms with Gasteiger partial charge in [-0.2, -0.15) is 0 Å². The number of aryl methyl sites for hydroxylation is 4. The zero-order chi connectivity index (χ0) is 35.2. The van der Waals surface area contributed by atoms with Crippen LogP contribution < -0.4 is 0 Å². The lowest BCUT2D eigenvalue weighted by atomic mass is 10.0. The van der Waals surface area contributed by atoms with E-state index >= 15 is 0 Å². The minimum absolute atomic E-state index is 1.23. The summed E-state index contributed by atoms with van der Waals surface area (Å²) in [5.41, 5.74) is 3.16. The first-order valence-corrected chi connectivity index (χ1v) is 24.2. The van der Waals surface area contributed by atoms with Crippen LogP contribution >= 0.6 is 45.3 Å². The van der Waals surface area contributed by atoms with Crippen LogP contribution in [0.15, 0.2) is 36.4 Å². The van der Waals surface area contributed by atoms with Crippen LogP contribution in [0, 0.1) is 13.8 Å². The van der Waals surface area contributed by atoms with Gasteiger partial charge >= 0.3 is 0 Å². The Labute approximate surface area is 324 Å². The van der Waals surface area contributed by atoms with Gasteiger partial charge in [0.25, 0.3) is 0 Å². The Kier molecular flexibility index (Phi) is 20.7. The van der Waals surface area contributed by atoms with Crippen LogP contribution in [0.25, 0.3) is 29.3 Å². The first-order valence-electron chi connectivity index (χ1n) is 21.0. The van der Waals surface area contributed by atoms with Gasteiger partial charge in [-0.05, 0) is 87.1 Å². The first kappa shape index (κ1) is 41.6. The Hall–Kier alpha value is -1.20. The second-order valence-electron chi connectivity index (χ2n) is 15.0. The normalized spacial score (nSPS) is 11.7. The van der Waals surface area contributed by atoms with Gasteiger partial charge in [-0.25, -0.2) is 0 Å². The maximum Gasteiger partial charge on any atom is 0.0477 e. The summed E-state index contributed by atoms with van der Waals surface area (Å²) in [5, 5.41) is 0. The molecule has 0 unspecified atom stereocenters. The summed E-state index contributed by atoms with van der Waals surface area (Å²) in [7, 11) is 0. The molecule has 0 atom stereocenters. The SMILES string of the molecule is CCCCCCCCCCCCCCc1cc(C)sc1-c1ccc(-c2ccc(-c3sc(C)cc3CCCCCCCCCCCCCC)s2)s1. The number of hydrogen-bond donors (Lipinski definition) is 0. The summed E-state index contributed by atoms with van der Waals surface area (Å²) in [5.74, 6) is 0. The summed E-state index contributed by atoms with van der Waals surface area (Å²) in [6, 6.07) is 14.5. The van der Waals surface area contributed by atoms with Gasteiger partial charge in [-0.1, -0.05) is 155 Å². The minimum atomic E-state index is 1.23. The van der Waals surface area contributed by atoms with Gasteiger partial charge in [-0.15, -0.1) is 45.3 Å². The fourth-order valence-corrected chi connectivity index (χ4v) is 11.9. The van der Waals surface area contributed by atoms with Gasteiger partial charge in [0.2, 0.25) is 0 Å². The smallest absolute Gasteiger partial charge is 0.0477 e. The first-order chi connectivity index (χ1) is 24.6. The highest BCUT2D eigenvalue weighted by atomic mass is 32.1. The van der Waals surface area contributed by atoms with Crippen molar-refractivity contribution in [2.75, 3.05) is 0 Å². The molecule has 0 fully saturated rings. The molecule has 0 nitrogen and oxygen atoms in total. The fourth-order valence-electron chi connectivity index (χ4n) is 7.42. The highest BCUT2D eigenvalue weighted by Crippen LogP contribution is 2.45. The standard InChI is InChI=1S/C46H70S4/c1-5-7-9-11-13-15-17-19-21-23-25-27-29-39-35-37(3)47-45(39)43-33-31-41(49-43)42-32-34-44(50-42)46-40(36-38(4)48-46)30-28-26-24-22-20-18-16-14-12-10-8-6-2/h31-36H,5-30H2,1-4H3. The monoisotopic (exact) mass is 750 g/mol. The molecule has 278 valence electrons. The molecule has 4 heterocycles. The molecule has 50 heavy (non-hydrogen) atoms. The lowest BCUT2D eigenvalue weighted by molar-refractivity contribution is 0.544. The van der Waals surface area contributed by atoms with Crippen molar-refractivity contribution in [3.63, 3.8) is 0 Å². The average molecular weight is 751 g/mol. The van der Waals surface area contributed by atoms with Crippen molar-refractivity contribution in [1.29, 1.82) is 0 Å². The molecular formula is C46H70S4. The second kappa shape index (κ2) is 24.9. The average Bonchev–Trinajstić information content (AvgIpc) is 3.92. The van der Waals surface area contributed by atoms with Crippen LogP contribution in [0.5, 0.6) is 0 Å². The summed E-state index contributed by atoms with van der Waals surface area (Å²) in [4.78, 5) is 11.7. The van der Waals surface area contributed by atoms with Gasteiger partial charge < -0.3 is 0 Å². The zero-order valence-electron chi connectivity index (χ0n) is 32.5. The molecule has 0 amide bonds. The van der Waals surface area contributed by atoms with Crippen molar-refractivity contribution >= 4 is 45.3 Å². The lowest BCUT2D eigenvalue weighted by Crippen LogP contribution is -1.87. The van der Waals surface area contributed by atoms with Crippen LogP contribution in [-0.4, -0.2) is 0 Å². The maximum atomic E-state index is 2.47. The van der Waals surface area contributed by atoms with Gasteiger partial charge in [0.05, 0.1) is 0 Å². The predicted molar refractivity (Wildman–Crippen MR) is 233 cm³/mol. The number of thiophene rings is 4. The van der Waals surface area contributed by atoms with Crippen molar-refractivity contribution in [2.45, 2.75) is 195 Å². The van der Waals surface area contributed by atoms with E-state index < -0.39 is 0 Å². The van der Waals surface area contributed by atoms with E-state index in [-0.39, 0.29) is 0 Å². The van der Waals surface area contributed by atoms with Crippen LogP contribution in [0.2, 0.25) is 0 Å². The van der Waals surface area contributed by atoms with Gasteiger partial charge in [0.15, 0.2) is 0 Å². The largest absolute Gasteiger partial charge is 0.139 e. The lowest BCUT2D eigenvalue weighted by Gasteiger charge is -2.04. The number of rotatable bonds is 29. The molecular weight excluding hydrogens is 681 g/mol. The molecule has 0 bridgehead atoms. The molecule has 4 aromatic heterocycles. The molecule has 0 spiro atoms. The third-order valence-electron chi connectivity index (χ3n) is 10.4. The fraction of sp³-hybridized carbons (Fsp3) is 0.652. The van der Waals surface area contributed by atoms with Crippen LogP contribution in [-0.2, 0) is 12.8 Å². The van der Waals surface area contributed by atoms with E-state index in [9.17, 15) is 0 Å². The van der Waals surface area contributed by atoms with E-state index in [4.69, 9.17) is 0 Å². The van der Waals surface area contributed by atoms with Gasteiger partial charge in [0, 0.05) is 39.0 Å². The van der Waals surface area contributed by atoms with Crippen LogP contribution in [0.1, 0.15) is 189 Å². The maximum absolute atomic E-state index is 2.47. The van der Waals surface area contributed by atoms with Crippen molar-refractivity contribution < 1.29 is 0 Å². The third-order valence-corrected chi connectivity index (χ3v) is 15.3. The van der Waals surface area contributed by atoms with Crippen LogP contribution in [0.3, 0.4) is 0 Å². The van der Waals surface area contributed by atoms with Crippen molar-refractivity contribution in [3.05, 3.63) is 57.3 Å². The summed E-state index contributed by atoms with van der Waals surface area (Å²) >= 11 is 8.00. The zero-order valence-corrected chi connectivity index (χ0v) is 35.7. The number of hydrogen-bond acceptors (Lipinski definition) is 4. The number of unbranched alkanes of at least 4 members (excludes halogenated alkanes) is 22. The second-order valence-corrected chi connectivity index (χ2v) is 19.7. The molecule has 4 aromatic rings.